The van der Waals surface area contributed by atoms with E-state index in [1.807, 2.05) is 0 Å². The Labute approximate surface area is 103 Å². The molecular formula is C12H8Cl2FN. The maximum Gasteiger partial charge on any atom is 0.124 e. The minimum absolute atomic E-state index is 0.328. The van der Waals surface area contributed by atoms with Crippen LogP contribution in [0.3, 0.4) is 0 Å². The van der Waals surface area contributed by atoms with Crippen LogP contribution >= 0.6 is 23.2 Å². The van der Waals surface area contributed by atoms with Crippen LogP contribution in [0.2, 0.25) is 10.0 Å². The average molecular weight is 256 g/mol. The molecule has 0 bridgehead atoms. The van der Waals surface area contributed by atoms with Gasteiger partial charge in [-0.15, -0.1) is 0 Å². The van der Waals surface area contributed by atoms with E-state index in [9.17, 15) is 4.39 Å². The van der Waals surface area contributed by atoms with Crippen LogP contribution in [0.15, 0.2) is 36.4 Å². The first-order valence-corrected chi connectivity index (χ1v) is 5.34. The Morgan fingerprint density at radius 2 is 1.62 bits per heavy atom. The molecule has 1 nitrogen and oxygen atoms in total. The molecule has 0 aromatic heterocycles. The molecule has 0 aliphatic heterocycles. The number of hydrogen-bond acceptors (Lipinski definition) is 1. The van der Waals surface area contributed by atoms with Crippen molar-refractivity contribution in [2.75, 3.05) is 5.73 Å². The van der Waals surface area contributed by atoms with Crippen LogP contribution in [-0.2, 0) is 0 Å². The summed E-state index contributed by atoms with van der Waals surface area (Å²) in [4.78, 5) is 0. The smallest absolute Gasteiger partial charge is 0.124 e. The number of halogens is 3. The van der Waals surface area contributed by atoms with Gasteiger partial charge in [-0.2, -0.15) is 0 Å². The molecule has 2 N–H and O–H groups in total. The summed E-state index contributed by atoms with van der Waals surface area (Å²) < 4.78 is 12.9. The van der Waals surface area contributed by atoms with Crippen LogP contribution < -0.4 is 5.73 Å². The molecule has 2 aromatic carbocycles. The van der Waals surface area contributed by atoms with Gasteiger partial charge in [0.2, 0.25) is 0 Å². The van der Waals surface area contributed by atoms with E-state index in [2.05, 4.69) is 0 Å². The number of rotatable bonds is 1. The van der Waals surface area contributed by atoms with Gasteiger partial charge in [-0.25, -0.2) is 4.39 Å². The molecule has 0 heterocycles. The molecule has 0 aliphatic rings. The fraction of sp³-hybridized carbons (Fsp3) is 0. The molecular weight excluding hydrogens is 248 g/mol. The number of nitrogens with two attached hydrogens (primary N) is 1. The molecule has 0 amide bonds. The molecule has 0 unspecified atom stereocenters. The molecule has 82 valence electrons. The largest absolute Gasteiger partial charge is 0.398 e. The van der Waals surface area contributed by atoms with Gasteiger partial charge < -0.3 is 5.73 Å². The van der Waals surface area contributed by atoms with Gasteiger partial charge in [-0.05, 0) is 30.3 Å². The zero-order valence-corrected chi connectivity index (χ0v) is 9.69. The molecule has 0 aliphatic carbocycles. The number of benzene rings is 2. The SMILES string of the molecule is Nc1cc(Cl)ccc1-c1ccc(F)cc1Cl. The summed E-state index contributed by atoms with van der Waals surface area (Å²) in [5.41, 5.74) is 7.78. The zero-order valence-electron chi connectivity index (χ0n) is 8.18. The van der Waals surface area contributed by atoms with Crippen molar-refractivity contribution in [2.45, 2.75) is 0 Å². The fourth-order valence-corrected chi connectivity index (χ4v) is 1.94. The van der Waals surface area contributed by atoms with E-state index in [4.69, 9.17) is 28.9 Å². The number of anilines is 1. The summed E-state index contributed by atoms with van der Waals surface area (Å²) in [5.74, 6) is -0.374. The topological polar surface area (TPSA) is 26.0 Å². The fourth-order valence-electron chi connectivity index (χ4n) is 1.49. The van der Waals surface area contributed by atoms with Gasteiger partial charge in [0, 0.05) is 21.8 Å². The Morgan fingerprint density at radius 1 is 0.938 bits per heavy atom. The Bertz CT molecular complexity index is 491. The van der Waals surface area contributed by atoms with E-state index >= 15 is 0 Å². The lowest BCUT2D eigenvalue weighted by molar-refractivity contribution is 0.628. The number of nitrogen functional groups attached to an aromatic ring is 1. The Balaban J connectivity index is 2.59. The predicted octanol–water partition coefficient (Wildman–Crippen LogP) is 4.38. The molecule has 2 aromatic rings. The van der Waals surface area contributed by atoms with Crippen LogP contribution in [0.25, 0.3) is 11.1 Å². The number of hydrogen-bond donors (Lipinski definition) is 1. The van der Waals surface area contributed by atoms with Crippen molar-refractivity contribution in [3.05, 3.63) is 52.3 Å². The van der Waals surface area contributed by atoms with Gasteiger partial charge in [0.25, 0.3) is 0 Å². The van der Waals surface area contributed by atoms with Crippen LogP contribution in [0, 0.1) is 5.82 Å². The minimum atomic E-state index is -0.374. The molecule has 0 saturated heterocycles. The second-order valence-electron chi connectivity index (χ2n) is 3.36. The third-order valence-corrected chi connectivity index (χ3v) is 2.78. The summed E-state index contributed by atoms with van der Waals surface area (Å²) in [6, 6.07) is 9.30. The Hall–Kier alpha value is -1.25. The summed E-state index contributed by atoms with van der Waals surface area (Å²) in [6.45, 7) is 0. The van der Waals surface area contributed by atoms with Gasteiger partial charge in [0.15, 0.2) is 0 Å². The molecule has 0 fully saturated rings. The van der Waals surface area contributed by atoms with Crippen molar-refractivity contribution in [1.29, 1.82) is 0 Å². The standard InChI is InChI=1S/C12H8Cl2FN/c13-7-1-3-10(12(16)5-7)9-4-2-8(15)6-11(9)14/h1-6H,16H2. The molecule has 0 radical (unpaired) electrons. The van der Waals surface area contributed by atoms with Gasteiger partial charge in [-0.3, -0.25) is 0 Å². The highest BCUT2D eigenvalue weighted by Crippen LogP contribution is 2.33. The van der Waals surface area contributed by atoms with Crippen molar-refractivity contribution < 1.29 is 4.39 Å². The first kappa shape index (κ1) is 11.2. The first-order valence-electron chi connectivity index (χ1n) is 4.58. The highest BCUT2D eigenvalue weighted by atomic mass is 35.5. The van der Waals surface area contributed by atoms with E-state index in [1.165, 1.54) is 12.1 Å². The van der Waals surface area contributed by atoms with Gasteiger partial charge in [-0.1, -0.05) is 29.3 Å². The predicted molar refractivity (Wildman–Crippen MR) is 66.3 cm³/mol. The van der Waals surface area contributed by atoms with Crippen molar-refractivity contribution in [1.82, 2.24) is 0 Å². The molecule has 4 heteroatoms. The third-order valence-electron chi connectivity index (χ3n) is 2.23. The van der Waals surface area contributed by atoms with Crippen LogP contribution in [0.4, 0.5) is 10.1 Å². The van der Waals surface area contributed by atoms with Crippen molar-refractivity contribution in [2.24, 2.45) is 0 Å². The molecule has 0 atom stereocenters. The van der Waals surface area contributed by atoms with Crippen LogP contribution in [0.1, 0.15) is 0 Å². The molecule has 2 rings (SSSR count). The van der Waals surface area contributed by atoms with Crippen molar-refractivity contribution >= 4 is 28.9 Å². The van der Waals surface area contributed by atoms with Crippen LogP contribution in [0.5, 0.6) is 0 Å². The normalized spacial score (nSPS) is 10.4. The van der Waals surface area contributed by atoms with Gasteiger partial charge in [0.1, 0.15) is 5.82 Å². The van der Waals surface area contributed by atoms with Crippen molar-refractivity contribution in [3.8, 4) is 11.1 Å². The summed E-state index contributed by atoms with van der Waals surface area (Å²) >= 11 is 11.7. The molecule has 16 heavy (non-hydrogen) atoms. The second-order valence-corrected chi connectivity index (χ2v) is 4.20. The Kier molecular flexibility index (Phi) is 3.03. The first-order chi connectivity index (χ1) is 7.58. The lowest BCUT2D eigenvalue weighted by atomic mass is 10.0. The van der Waals surface area contributed by atoms with Crippen LogP contribution in [-0.4, -0.2) is 0 Å². The average Bonchev–Trinajstić information content (AvgIpc) is 2.19. The lowest BCUT2D eigenvalue weighted by Gasteiger charge is -2.08. The molecule has 0 saturated carbocycles. The maximum atomic E-state index is 12.9. The highest BCUT2D eigenvalue weighted by molar-refractivity contribution is 6.33. The van der Waals surface area contributed by atoms with E-state index < -0.39 is 0 Å². The third kappa shape index (κ3) is 2.13. The summed E-state index contributed by atoms with van der Waals surface area (Å²) in [6.07, 6.45) is 0. The minimum Gasteiger partial charge on any atom is -0.398 e. The zero-order chi connectivity index (χ0) is 11.7. The quantitative estimate of drug-likeness (QED) is 0.752. The summed E-state index contributed by atoms with van der Waals surface area (Å²) in [5, 5.41) is 0.883. The summed E-state index contributed by atoms with van der Waals surface area (Å²) in [7, 11) is 0. The van der Waals surface area contributed by atoms with Gasteiger partial charge >= 0.3 is 0 Å². The second kappa shape index (κ2) is 4.32. The monoisotopic (exact) mass is 255 g/mol. The highest BCUT2D eigenvalue weighted by Gasteiger charge is 2.08. The Morgan fingerprint density at radius 3 is 2.25 bits per heavy atom. The maximum absolute atomic E-state index is 12.9. The lowest BCUT2D eigenvalue weighted by Crippen LogP contribution is -1.90. The van der Waals surface area contributed by atoms with E-state index in [-0.39, 0.29) is 5.82 Å². The van der Waals surface area contributed by atoms with E-state index in [0.717, 1.165) is 5.56 Å². The van der Waals surface area contributed by atoms with Gasteiger partial charge in [0.05, 0.1) is 5.02 Å². The van der Waals surface area contributed by atoms with Crippen molar-refractivity contribution in [3.63, 3.8) is 0 Å². The van der Waals surface area contributed by atoms with E-state index in [0.29, 0.717) is 21.3 Å². The molecule has 0 spiro atoms. The van der Waals surface area contributed by atoms with E-state index in [1.54, 1.807) is 24.3 Å².